The molecule has 5 aromatic rings. The number of amides is 2. The average molecular weight is 603 g/mol. The summed E-state index contributed by atoms with van der Waals surface area (Å²) in [5, 5.41) is 0.876. The Morgan fingerprint density at radius 2 is 1.20 bits per heavy atom. The fraction of sp³-hybridized carbons (Fsp3) is 0.0645. The Kier molecular flexibility index (Phi) is 5.27. The molecule has 3 aliphatic heterocycles. The molecule has 44 heavy (non-hydrogen) atoms. The van der Waals surface area contributed by atoms with Gasteiger partial charge < -0.3 is 0 Å². The molecule has 0 atom stereocenters. The Morgan fingerprint density at radius 3 is 1.89 bits per heavy atom. The van der Waals surface area contributed by atoms with E-state index >= 15 is 0 Å². The third-order valence-electron chi connectivity index (χ3n) is 8.43. The van der Waals surface area contributed by atoms with Crippen molar-refractivity contribution < 1.29 is 39.9 Å². The Bertz CT molecular complexity index is 2080. The zero-order valence-electron chi connectivity index (χ0n) is 22.0. The summed E-state index contributed by atoms with van der Waals surface area (Å²) in [5.74, 6) is -1.49. The molecule has 0 unspecified atom stereocenters. The van der Waals surface area contributed by atoms with E-state index in [0.717, 1.165) is 29.2 Å². The van der Waals surface area contributed by atoms with Gasteiger partial charge in [-0.15, -0.1) is 0 Å². The van der Waals surface area contributed by atoms with E-state index in [0.29, 0.717) is 45.6 Å². The van der Waals surface area contributed by atoms with Crippen molar-refractivity contribution in [3.63, 3.8) is 0 Å². The fourth-order valence-electron chi connectivity index (χ4n) is 6.79. The van der Waals surface area contributed by atoms with Crippen LogP contribution in [0.3, 0.4) is 0 Å². The Labute approximate surface area is 244 Å². The molecular weight excluding hydrogens is 590 g/mol. The summed E-state index contributed by atoms with van der Waals surface area (Å²) < 4.78 is 116. The molecule has 3 nitrogen and oxygen atoms in total. The number of benzene rings is 5. The first-order chi connectivity index (χ1) is 20.8. The minimum atomic E-state index is -5.17. The molecule has 8 rings (SSSR count). The third kappa shape index (κ3) is 3.55. The molecule has 0 bridgehead atoms. The smallest absolute Gasteiger partial charge is 0.263 e. The molecule has 1 radical (unpaired) electrons. The van der Waals surface area contributed by atoms with Crippen molar-refractivity contribution in [1.29, 1.82) is 0 Å². The molecule has 0 N–H and O–H groups in total. The van der Waals surface area contributed by atoms with Gasteiger partial charge in [0.2, 0.25) is 6.71 Å². The van der Waals surface area contributed by atoms with Crippen LogP contribution in [0.25, 0.3) is 10.8 Å². The third-order valence-corrected chi connectivity index (χ3v) is 8.43. The zero-order chi connectivity index (χ0) is 30.9. The highest BCUT2D eigenvalue weighted by molar-refractivity contribution is 6.99. The van der Waals surface area contributed by atoms with Crippen LogP contribution in [0, 0.1) is 11.6 Å². The van der Waals surface area contributed by atoms with Crippen molar-refractivity contribution in [3.8, 4) is 0 Å². The number of rotatable bonds is 1. The quantitative estimate of drug-likeness (QED) is 0.187. The average Bonchev–Trinajstić information content (AvgIpc) is 2.96. The van der Waals surface area contributed by atoms with Gasteiger partial charge in [0.15, 0.2) is 7.28 Å². The second-order valence-electron chi connectivity index (χ2n) is 10.8. The minimum Gasteiger partial charge on any atom is -0.263 e. The highest BCUT2D eigenvalue weighted by Crippen LogP contribution is 2.47. The van der Waals surface area contributed by atoms with E-state index in [1.807, 2.05) is 0 Å². The van der Waals surface area contributed by atoms with E-state index in [-0.39, 0.29) is 28.0 Å². The number of alkyl halides is 6. The Balaban J connectivity index is 1.54. The van der Waals surface area contributed by atoms with Crippen LogP contribution < -0.4 is 37.1 Å². The minimum absolute atomic E-state index is 0.00486. The number of hydrogen-bond acceptors (Lipinski definition) is 1. The van der Waals surface area contributed by atoms with Gasteiger partial charge in [0.05, 0.1) is 22.5 Å². The largest absolute Gasteiger partial charge is 0.415 e. The van der Waals surface area contributed by atoms with Crippen molar-refractivity contribution in [2.45, 2.75) is 12.4 Å². The summed E-state index contributed by atoms with van der Waals surface area (Å²) in [6.07, 6.45) is -10.3. The van der Waals surface area contributed by atoms with Gasteiger partial charge in [-0.05, 0) is 46.0 Å². The maximum Gasteiger partial charge on any atom is 0.415 e. The van der Waals surface area contributed by atoms with Crippen LogP contribution in [0.4, 0.5) is 62.7 Å². The summed E-state index contributed by atoms with van der Waals surface area (Å²) in [6.45, 7) is -1.68. The van der Waals surface area contributed by atoms with E-state index in [9.17, 15) is 39.9 Å². The summed E-state index contributed by atoms with van der Waals surface area (Å²) >= 11 is 0. The maximum atomic E-state index is 14.9. The lowest BCUT2D eigenvalue weighted by atomic mass is 9.33. The van der Waals surface area contributed by atoms with Gasteiger partial charge in [-0.3, -0.25) is 9.80 Å². The number of hydrogen-bond donors (Lipinski definition) is 0. The molecule has 5 aromatic carbocycles. The van der Waals surface area contributed by atoms with Crippen LogP contribution in [0.1, 0.15) is 11.1 Å². The second-order valence-corrected chi connectivity index (χ2v) is 10.8. The maximum absolute atomic E-state index is 14.9. The monoisotopic (exact) mass is 603 g/mol. The van der Waals surface area contributed by atoms with E-state index in [1.165, 1.54) is 23.1 Å². The highest BCUT2D eigenvalue weighted by Gasteiger charge is 2.50. The number of anilines is 4. The molecule has 0 aromatic heterocycles. The van der Waals surface area contributed by atoms with E-state index < -0.39 is 53.3 Å². The molecule has 3 heterocycles. The highest BCUT2D eigenvalue weighted by atomic mass is 19.4. The topological polar surface area (TPSA) is 23.6 Å². The standard InChI is InChI=1S/C31H13B2F8N2O/c34-15-6-9-19-23(12-15)42-27-20(32-19)8-4-14-5-10-22-28(25(14)27)43(29(42)44)24-13-16(35)7-11-21(24)33(22)26-17(30(36,37)38)2-1-3-18(26)31(39,40)41/h1-13H. The van der Waals surface area contributed by atoms with Gasteiger partial charge in [0, 0.05) is 16.8 Å². The van der Waals surface area contributed by atoms with Crippen molar-refractivity contribution in [1.82, 2.24) is 0 Å². The zero-order valence-corrected chi connectivity index (χ0v) is 22.0. The van der Waals surface area contributed by atoms with E-state index in [2.05, 4.69) is 0 Å². The summed E-state index contributed by atoms with van der Waals surface area (Å²) in [6, 6.07) is 14.3. The molecule has 0 aliphatic carbocycles. The molecule has 0 fully saturated rings. The number of halogens is 8. The van der Waals surface area contributed by atoms with Gasteiger partial charge in [-0.25, -0.2) is 13.6 Å². The molecule has 215 valence electrons. The number of carbonyl (C=O) groups excluding carboxylic acids is 1. The molecule has 3 aliphatic rings. The predicted octanol–water partition coefficient (Wildman–Crippen LogP) is 5.36. The van der Waals surface area contributed by atoms with Crippen LogP contribution in [0.15, 0.2) is 78.9 Å². The number of fused-ring (bicyclic) bond motifs is 4. The number of carbonyl (C=O) groups is 1. The SMILES string of the molecule is O=C1N2c3cc(F)ccc3[B]c3ccc4ccc5c(c4c32)N1c1cc(F)ccc1B5c1c(C(F)(F)F)cccc1C(F)(F)F. The second kappa shape index (κ2) is 8.64. The summed E-state index contributed by atoms with van der Waals surface area (Å²) in [5.41, 5.74) is -2.80. The van der Waals surface area contributed by atoms with Crippen LogP contribution >= 0.6 is 0 Å². The molecule has 0 saturated heterocycles. The Hall–Kier alpha value is -4.80. The number of urea groups is 1. The first-order valence-corrected chi connectivity index (χ1v) is 13.3. The lowest BCUT2D eigenvalue weighted by molar-refractivity contribution is -0.141. The van der Waals surface area contributed by atoms with Crippen molar-refractivity contribution >= 4 is 80.9 Å². The van der Waals surface area contributed by atoms with Gasteiger partial charge in [-0.2, -0.15) is 26.3 Å². The van der Waals surface area contributed by atoms with Crippen LogP contribution in [0.2, 0.25) is 0 Å². The van der Waals surface area contributed by atoms with E-state index in [4.69, 9.17) is 0 Å². The summed E-state index contributed by atoms with van der Waals surface area (Å²) in [7, 11) is 1.72. The normalized spacial score (nSPS) is 14.9. The lowest BCUT2D eigenvalue weighted by Gasteiger charge is -2.45. The molecule has 0 saturated carbocycles. The first kappa shape index (κ1) is 26.8. The van der Waals surface area contributed by atoms with E-state index in [1.54, 1.807) is 25.5 Å². The molecule has 13 heteroatoms. The van der Waals surface area contributed by atoms with Gasteiger partial charge in [-0.1, -0.05) is 65.5 Å². The fourth-order valence-corrected chi connectivity index (χ4v) is 6.79. The van der Waals surface area contributed by atoms with Gasteiger partial charge in [0.1, 0.15) is 11.6 Å². The van der Waals surface area contributed by atoms with Crippen molar-refractivity contribution in [2.24, 2.45) is 0 Å². The Morgan fingerprint density at radius 1 is 0.636 bits per heavy atom. The van der Waals surface area contributed by atoms with Crippen LogP contribution in [-0.4, -0.2) is 20.0 Å². The first-order valence-electron chi connectivity index (χ1n) is 13.3. The van der Waals surface area contributed by atoms with Crippen LogP contribution in [0.5, 0.6) is 0 Å². The van der Waals surface area contributed by atoms with Gasteiger partial charge in [0.25, 0.3) is 0 Å². The molecule has 0 spiro atoms. The summed E-state index contributed by atoms with van der Waals surface area (Å²) in [4.78, 5) is 16.8. The van der Waals surface area contributed by atoms with Crippen molar-refractivity contribution in [3.05, 3.63) is 102 Å². The van der Waals surface area contributed by atoms with Crippen molar-refractivity contribution in [2.75, 3.05) is 9.80 Å². The predicted molar refractivity (Wildman–Crippen MR) is 153 cm³/mol. The lowest BCUT2D eigenvalue weighted by Crippen LogP contribution is -2.63. The molecule has 2 amide bonds. The van der Waals surface area contributed by atoms with Gasteiger partial charge >= 0.3 is 18.4 Å². The van der Waals surface area contributed by atoms with Crippen LogP contribution in [-0.2, 0) is 12.4 Å². The molecular formula is C31H13B2F8N2O. The number of nitrogens with zero attached hydrogens (tertiary/aromatic N) is 2.